The summed E-state index contributed by atoms with van der Waals surface area (Å²) in [6.07, 6.45) is 0.780. The number of carbonyl (C=O) groups excluding carboxylic acids is 1. The summed E-state index contributed by atoms with van der Waals surface area (Å²) in [6.45, 7) is 7.31. The molecule has 0 aliphatic heterocycles. The first kappa shape index (κ1) is 13.8. The van der Waals surface area contributed by atoms with Crippen molar-refractivity contribution in [3.63, 3.8) is 0 Å². The molecule has 1 aromatic carbocycles. The zero-order valence-electron chi connectivity index (χ0n) is 10.2. The lowest BCUT2D eigenvalue weighted by atomic mass is 10.0. The first-order valence-electron chi connectivity index (χ1n) is 5.71. The van der Waals surface area contributed by atoms with E-state index in [1.54, 1.807) is 6.92 Å². The van der Waals surface area contributed by atoms with Gasteiger partial charge < -0.3 is 5.32 Å². The van der Waals surface area contributed by atoms with Crippen LogP contribution in [0.4, 0.5) is 0 Å². The highest BCUT2D eigenvalue weighted by atomic mass is 35.5. The van der Waals surface area contributed by atoms with E-state index in [0.717, 1.165) is 12.0 Å². The topological polar surface area (TPSA) is 29.1 Å². The first-order chi connectivity index (χ1) is 8.06. The third-order valence-corrected chi connectivity index (χ3v) is 3.17. The number of halogens is 1. The van der Waals surface area contributed by atoms with Gasteiger partial charge in [-0.15, -0.1) is 11.6 Å². The molecule has 1 rings (SSSR count). The second-order valence-electron chi connectivity index (χ2n) is 4.08. The van der Waals surface area contributed by atoms with Crippen molar-refractivity contribution in [2.45, 2.75) is 31.7 Å². The summed E-state index contributed by atoms with van der Waals surface area (Å²) in [5.41, 5.74) is 1.52. The number of rotatable bonds is 5. The summed E-state index contributed by atoms with van der Waals surface area (Å²) in [4.78, 5) is 11.6. The van der Waals surface area contributed by atoms with Crippen LogP contribution in [-0.2, 0) is 4.79 Å². The summed E-state index contributed by atoms with van der Waals surface area (Å²) >= 11 is 6.38. The Morgan fingerprint density at radius 1 is 1.41 bits per heavy atom. The van der Waals surface area contributed by atoms with Crippen molar-refractivity contribution < 1.29 is 4.79 Å². The van der Waals surface area contributed by atoms with E-state index in [2.05, 4.69) is 11.9 Å². The third kappa shape index (κ3) is 3.90. The van der Waals surface area contributed by atoms with Crippen LogP contribution in [0.1, 0.15) is 31.2 Å². The molecule has 3 heteroatoms. The summed E-state index contributed by atoms with van der Waals surface area (Å²) in [7, 11) is 0. The van der Waals surface area contributed by atoms with Gasteiger partial charge >= 0.3 is 0 Å². The number of hydrogen-bond acceptors (Lipinski definition) is 1. The van der Waals surface area contributed by atoms with Gasteiger partial charge in [0.25, 0.3) is 0 Å². The molecule has 1 N–H and O–H groups in total. The first-order valence-corrected chi connectivity index (χ1v) is 6.15. The second kappa shape index (κ2) is 6.45. The highest BCUT2D eigenvalue weighted by Crippen LogP contribution is 2.25. The Kier molecular flexibility index (Phi) is 5.23. The molecule has 2 nitrogen and oxygen atoms in total. The average molecular weight is 252 g/mol. The Morgan fingerprint density at radius 3 is 2.47 bits per heavy atom. The smallest absolute Gasteiger partial charge is 0.246 e. The molecule has 0 aliphatic carbocycles. The standard InChI is InChI=1S/C14H18ClNO/c1-4-12(16-14(17)10(2)3)13(15)11-8-6-5-7-9-11/h5-9,12-13H,2,4H2,1,3H3,(H,16,17). The fraction of sp³-hybridized carbons (Fsp3) is 0.357. The second-order valence-corrected chi connectivity index (χ2v) is 4.55. The Balaban J connectivity index is 2.74. The quantitative estimate of drug-likeness (QED) is 0.630. The molecule has 17 heavy (non-hydrogen) atoms. The highest BCUT2D eigenvalue weighted by molar-refractivity contribution is 6.21. The van der Waals surface area contributed by atoms with Crippen molar-refractivity contribution in [3.8, 4) is 0 Å². The van der Waals surface area contributed by atoms with Crippen LogP contribution in [0.2, 0.25) is 0 Å². The maximum absolute atomic E-state index is 11.6. The highest BCUT2D eigenvalue weighted by Gasteiger charge is 2.21. The predicted octanol–water partition coefficient (Wildman–Crippen LogP) is 3.44. The van der Waals surface area contributed by atoms with Crippen molar-refractivity contribution in [3.05, 3.63) is 48.0 Å². The van der Waals surface area contributed by atoms with Crippen LogP contribution < -0.4 is 5.32 Å². The zero-order chi connectivity index (χ0) is 12.8. The summed E-state index contributed by atoms with van der Waals surface area (Å²) in [5, 5.41) is 2.68. The van der Waals surface area contributed by atoms with Crippen molar-refractivity contribution >= 4 is 17.5 Å². The average Bonchev–Trinajstić information content (AvgIpc) is 2.35. The lowest BCUT2D eigenvalue weighted by Gasteiger charge is -2.22. The number of benzene rings is 1. The normalized spacial score (nSPS) is 13.8. The van der Waals surface area contributed by atoms with Crippen LogP contribution in [0.25, 0.3) is 0 Å². The minimum Gasteiger partial charge on any atom is -0.348 e. The maximum Gasteiger partial charge on any atom is 0.246 e. The van der Waals surface area contributed by atoms with Crippen LogP contribution in [0, 0.1) is 0 Å². The molecular weight excluding hydrogens is 234 g/mol. The molecule has 0 heterocycles. The van der Waals surface area contributed by atoms with Crippen molar-refractivity contribution in [1.29, 1.82) is 0 Å². The van der Waals surface area contributed by atoms with E-state index < -0.39 is 0 Å². The summed E-state index contributed by atoms with van der Waals surface area (Å²) < 4.78 is 0. The van der Waals surface area contributed by atoms with Crippen molar-refractivity contribution in [1.82, 2.24) is 5.32 Å². The van der Waals surface area contributed by atoms with Gasteiger partial charge in [0, 0.05) is 11.6 Å². The Labute approximate surface area is 108 Å². The fourth-order valence-corrected chi connectivity index (χ4v) is 1.93. The van der Waals surface area contributed by atoms with E-state index in [1.807, 2.05) is 37.3 Å². The lowest BCUT2D eigenvalue weighted by Crippen LogP contribution is -2.37. The Bertz CT molecular complexity index is 388. The summed E-state index contributed by atoms with van der Waals surface area (Å²) in [5.74, 6) is -0.140. The van der Waals surface area contributed by atoms with Crippen LogP contribution >= 0.6 is 11.6 Å². The molecular formula is C14H18ClNO. The largest absolute Gasteiger partial charge is 0.348 e. The third-order valence-electron chi connectivity index (χ3n) is 2.62. The van der Waals surface area contributed by atoms with Gasteiger partial charge in [0.2, 0.25) is 5.91 Å². The number of hydrogen-bond donors (Lipinski definition) is 1. The van der Waals surface area contributed by atoms with E-state index >= 15 is 0 Å². The van der Waals surface area contributed by atoms with Gasteiger partial charge in [-0.2, -0.15) is 0 Å². The number of nitrogens with one attached hydrogen (secondary N) is 1. The van der Waals surface area contributed by atoms with E-state index in [0.29, 0.717) is 5.57 Å². The van der Waals surface area contributed by atoms with Gasteiger partial charge in [0.15, 0.2) is 0 Å². The molecule has 0 aliphatic rings. The summed E-state index contributed by atoms with van der Waals surface area (Å²) in [6, 6.07) is 9.68. The molecule has 1 aromatic rings. The molecule has 2 atom stereocenters. The molecule has 0 fully saturated rings. The minimum atomic E-state index is -0.218. The molecule has 0 aromatic heterocycles. The molecule has 0 saturated heterocycles. The molecule has 1 amide bonds. The number of carbonyl (C=O) groups is 1. The van der Waals surface area contributed by atoms with Crippen LogP contribution in [-0.4, -0.2) is 11.9 Å². The van der Waals surface area contributed by atoms with E-state index in [4.69, 9.17) is 11.6 Å². The van der Waals surface area contributed by atoms with Gasteiger partial charge in [0.1, 0.15) is 0 Å². The van der Waals surface area contributed by atoms with Crippen molar-refractivity contribution in [2.24, 2.45) is 0 Å². The van der Waals surface area contributed by atoms with Crippen molar-refractivity contribution in [2.75, 3.05) is 0 Å². The molecule has 92 valence electrons. The van der Waals surface area contributed by atoms with Gasteiger partial charge in [0.05, 0.1) is 5.38 Å². The predicted molar refractivity (Wildman–Crippen MR) is 72.1 cm³/mol. The van der Waals surface area contributed by atoms with Gasteiger partial charge in [-0.05, 0) is 18.9 Å². The molecule has 0 bridgehead atoms. The zero-order valence-corrected chi connectivity index (χ0v) is 11.0. The van der Waals surface area contributed by atoms with Crippen LogP contribution in [0.15, 0.2) is 42.5 Å². The Morgan fingerprint density at radius 2 is 2.00 bits per heavy atom. The molecule has 0 spiro atoms. The monoisotopic (exact) mass is 251 g/mol. The lowest BCUT2D eigenvalue weighted by molar-refractivity contribution is -0.118. The molecule has 2 unspecified atom stereocenters. The van der Waals surface area contributed by atoms with Crippen LogP contribution in [0.5, 0.6) is 0 Å². The maximum atomic E-state index is 11.6. The Hall–Kier alpha value is -1.28. The molecule has 0 radical (unpaired) electrons. The van der Waals surface area contributed by atoms with E-state index in [1.165, 1.54) is 0 Å². The molecule has 0 saturated carbocycles. The van der Waals surface area contributed by atoms with Gasteiger partial charge in [-0.3, -0.25) is 4.79 Å². The van der Waals surface area contributed by atoms with E-state index in [9.17, 15) is 4.79 Å². The SMILES string of the molecule is C=C(C)C(=O)NC(CC)C(Cl)c1ccccc1. The van der Waals surface area contributed by atoms with Gasteiger partial charge in [-0.25, -0.2) is 0 Å². The van der Waals surface area contributed by atoms with E-state index in [-0.39, 0.29) is 17.3 Å². The number of alkyl halides is 1. The van der Waals surface area contributed by atoms with Crippen LogP contribution in [0.3, 0.4) is 0 Å². The van der Waals surface area contributed by atoms with Gasteiger partial charge in [-0.1, -0.05) is 43.8 Å². The minimum absolute atomic E-state index is 0.0803. The number of amides is 1. The fourth-order valence-electron chi connectivity index (χ4n) is 1.54.